The van der Waals surface area contributed by atoms with E-state index in [0.717, 1.165) is 17.1 Å². The maximum atomic E-state index is 11.5. The molecule has 0 saturated heterocycles. The summed E-state index contributed by atoms with van der Waals surface area (Å²) in [6, 6.07) is 0. The monoisotopic (exact) mass is 227 g/mol. The molecule has 4 heteroatoms. The Hall–Kier alpha value is -0.610. The Labute approximate surface area is 90.5 Å². The van der Waals surface area contributed by atoms with Gasteiger partial charge in [-0.15, -0.1) is 11.3 Å². The van der Waals surface area contributed by atoms with Crippen LogP contribution in [0.3, 0.4) is 0 Å². The van der Waals surface area contributed by atoms with Crippen molar-refractivity contribution in [1.29, 1.82) is 0 Å². The van der Waals surface area contributed by atoms with E-state index < -0.39 is 10.8 Å². The summed E-state index contributed by atoms with van der Waals surface area (Å²) < 4.78 is 12.5. The van der Waals surface area contributed by atoms with E-state index in [1.165, 1.54) is 16.1 Å². The third-order valence-corrected chi connectivity index (χ3v) is 5.10. The molecule has 2 rings (SSSR count). The van der Waals surface area contributed by atoms with E-state index in [1.807, 2.05) is 7.05 Å². The fourth-order valence-corrected chi connectivity index (χ4v) is 3.86. The van der Waals surface area contributed by atoms with E-state index in [2.05, 4.69) is 17.5 Å². The van der Waals surface area contributed by atoms with E-state index in [1.54, 1.807) is 17.6 Å². The number of hydrogen-bond acceptors (Lipinski definition) is 3. The van der Waals surface area contributed by atoms with Crippen molar-refractivity contribution in [3.8, 4) is 0 Å². The normalized spacial score (nSPS) is 16.4. The molecule has 1 aromatic heterocycles. The van der Waals surface area contributed by atoms with Crippen LogP contribution in [0.25, 0.3) is 6.08 Å². The molecule has 14 heavy (non-hydrogen) atoms. The topological polar surface area (TPSA) is 29.1 Å². The second kappa shape index (κ2) is 3.87. The summed E-state index contributed by atoms with van der Waals surface area (Å²) in [7, 11) is 1.05. The van der Waals surface area contributed by atoms with Gasteiger partial charge in [-0.05, 0) is 18.4 Å². The number of hydrogen-bond donors (Lipinski definition) is 1. The average Bonchev–Trinajstić information content (AvgIpc) is 2.56. The number of thiophene rings is 1. The molecule has 0 aromatic carbocycles. The Balaban J connectivity index is 2.59. The van der Waals surface area contributed by atoms with Crippen molar-refractivity contribution in [3.05, 3.63) is 17.2 Å². The molecule has 1 N–H and O–H groups in total. The van der Waals surface area contributed by atoms with Crippen LogP contribution >= 0.6 is 11.3 Å². The minimum absolute atomic E-state index is 0.872. The highest BCUT2D eigenvalue weighted by atomic mass is 32.2. The maximum Gasteiger partial charge on any atom is 0.100 e. The minimum atomic E-state index is -0.872. The fourth-order valence-electron chi connectivity index (χ4n) is 1.72. The van der Waals surface area contributed by atoms with Gasteiger partial charge < -0.3 is 5.32 Å². The summed E-state index contributed by atoms with van der Waals surface area (Å²) in [5.41, 5.74) is 2.52. The SMILES string of the molecule is CNc1sc(S(C)=O)c2c1CCC=C2. The van der Waals surface area contributed by atoms with Crippen LogP contribution in [-0.2, 0) is 17.2 Å². The zero-order chi connectivity index (χ0) is 10.1. The Morgan fingerprint density at radius 2 is 2.36 bits per heavy atom. The molecule has 1 aliphatic rings. The van der Waals surface area contributed by atoms with Crippen molar-refractivity contribution in [2.75, 3.05) is 18.6 Å². The van der Waals surface area contributed by atoms with Crippen molar-refractivity contribution in [1.82, 2.24) is 0 Å². The van der Waals surface area contributed by atoms with Gasteiger partial charge in [0, 0.05) is 18.9 Å². The Morgan fingerprint density at radius 1 is 1.57 bits per heavy atom. The molecule has 0 fully saturated rings. The van der Waals surface area contributed by atoms with Crippen LogP contribution in [0.15, 0.2) is 10.3 Å². The summed E-state index contributed by atoms with van der Waals surface area (Å²) >= 11 is 1.62. The molecule has 0 amide bonds. The predicted octanol–water partition coefficient (Wildman–Crippen LogP) is 2.49. The smallest absolute Gasteiger partial charge is 0.100 e. The first-order chi connectivity index (χ1) is 6.74. The number of nitrogens with one attached hydrogen (secondary N) is 1. The average molecular weight is 227 g/mol. The highest BCUT2D eigenvalue weighted by molar-refractivity contribution is 7.86. The lowest BCUT2D eigenvalue weighted by molar-refractivity contribution is 0.688. The van der Waals surface area contributed by atoms with Gasteiger partial charge in [-0.1, -0.05) is 12.2 Å². The van der Waals surface area contributed by atoms with E-state index in [-0.39, 0.29) is 0 Å². The van der Waals surface area contributed by atoms with Gasteiger partial charge in [0.2, 0.25) is 0 Å². The zero-order valence-corrected chi connectivity index (χ0v) is 9.93. The van der Waals surface area contributed by atoms with Gasteiger partial charge in [-0.2, -0.15) is 0 Å². The summed E-state index contributed by atoms with van der Waals surface area (Å²) in [6.45, 7) is 0. The van der Waals surface area contributed by atoms with Gasteiger partial charge in [0.05, 0.1) is 15.8 Å². The minimum Gasteiger partial charge on any atom is -0.380 e. The third-order valence-electron chi connectivity index (χ3n) is 2.35. The lowest BCUT2D eigenvalue weighted by atomic mass is 10.0. The Morgan fingerprint density at radius 3 is 3.00 bits per heavy atom. The van der Waals surface area contributed by atoms with Crippen LogP contribution < -0.4 is 5.32 Å². The molecular formula is C10H13NOS2. The van der Waals surface area contributed by atoms with Crippen molar-refractivity contribution in [2.24, 2.45) is 0 Å². The Kier molecular flexibility index (Phi) is 2.74. The highest BCUT2D eigenvalue weighted by Crippen LogP contribution is 2.38. The number of rotatable bonds is 2. The molecule has 0 aliphatic heterocycles. The summed E-state index contributed by atoms with van der Waals surface area (Å²) in [5, 5.41) is 4.36. The highest BCUT2D eigenvalue weighted by Gasteiger charge is 2.19. The third kappa shape index (κ3) is 1.53. The molecule has 0 spiro atoms. The molecule has 1 aliphatic carbocycles. The first-order valence-electron chi connectivity index (χ1n) is 4.57. The van der Waals surface area contributed by atoms with Gasteiger partial charge in [0.1, 0.15) is 4.21 Å². The van der Waals surface area contributed by atoms with E-state index >= 15 is 0 Å². The molecule has 0 saturated carbocycles. The molecule has 1 unspecified atom stereocenters. The van der Waals surface area contributed by atoms with Crippen LogP contribution in [0, 0.1) is 0 Å². The number of anilines is 1. The number of fused-ring (bicyclic) bond motifs is 1. The van der Waals surface area contributed by atoms with E-state index in [4.69, 9.17) is 0 Å². The van der Waals surface area contributed by atoms with E-state index in [9.17, 15) is 4.21 Å². The second-order valence-electron chi connectivity index (χ2n) is 3.26. The van der Waals surface area contributed by atoms with Crippen molar-refractivity contribution < 1.29 is 4.21 Å². The quantitative estimate of drug-likeness (QED) is 0.841. The van der Waals surface area contributed by atoms with Crippen LogP contribution in [0.4, 0.5) is 5.00 Å². The van der Waals surface area contributed by atoms with Crippen molar-refractivity contribution in [3.63, 3.8) is 0 Å². The van der Waals surface area contributed by atoms with Gasteiger partial charge in [0.25, 0.3) is 0 Å². The summed E-state index contributed by atoms with van der Waals surface area (Å²) in [5.74, 6) is 0. The van der Waals surface area contributed by atoms with Crippen LogP contribution in [-0.4, -0.2) is 17.5 Å². The lowest BCUT2D eigenvalue weighted by Gasteiger charge is -2.07. The van der Waals surface area contributed by atoms with Crippen LogP contribution in [0.2, 0.25) is 0 Å². The van der Waals surface area contributed by atoms with Gasteiger partial charge in [0.15, 0.2) is 0 Å². The molecule has 0 radical (unpaired) electrons. The molecular weight excluding hydrogens is 214 g/mol. The van der Waals surface area contributed by atoms with Gasteiger partial charge in [-0.3, -0.25) is 4.21 Å². The molecule has 76 valence electrons. The Bertz CT molecular complexity index is 406. The molecule has 1 aromatic rings. The molecule has 0 bridgehead atoms. The first-order valence-corrected chi connectivity index (χ1v) is 6.95. The predicted molar refractivity (Wildman–Crippen MR) is 63.6 cm³/mol. The molecule has 2 nitrogen and oxygen atoms in total. The fraction of sp³-hybridized carbons (Fsp3) is 0.400. The summed E-state index contributed by atoms with van der Waals surface area (Å²) in [4.78, 5) is 0. The van der Waals surface area contributed by atoms with Crippen molar-refractivity contribution >= 4 is 33.2 Å². The molecule has 1 atom stereocenters. The van der Waals surface area contributed by atoms with Gasteiger partial charge >= 0.3 is 0 Å². The van der Waals surface area contributed by atoms with Crippen molar-refractivity contribution in [2.45, 2.75) is 17.1 Å². The standard InChI is InChI=1S/C10H13NOS2/c1-11-9-7-5-3-4-6-8(7)10(13-9)14(2)12/h4,6,11H,3,5H2,1-2H3. The second-order valence-corrected chi connectivity index (χ2v) is 5.85. The lowest BCUT2D eigenvalue weighted by Crippen LogP contribution is -1.96. The van der Waals surface area contributed by atoms with Gasteiger partial charge in [-0.25, -0.2) is 0 Å². The van der Waals surface area contributed by atoms with Crippen LogP contribution in [0.5, 0.6) is 0 Å². The zero-order valence-electron chi connectivity index (χ0n) is 8.29. The first kappa shape index (κ1) is 9.93. The van der Waals surface area contributed by atoms with Crippen LogP contribution in [0.1, 0.15) is 17.5 Å². The maximum absolute atomic E-state index is 11.5. The summed E-state index contributed by atoms with van der Waals surface area (Å²) in [6.07, 6.45) is 8.16. The largest absolute Gasteiger partial charge is 0.380 e. The number of allylic oxidation sites excluding steroid dienone is 1. The molecule has 1 heterocycles. The van der Waals surface area contributed by atoms with E-state index in [0.29, 0.717) is 0 Å².